The van der Waals surface area contributed by atoms with Crippen molar-refractivity contribution in [3.8, 4) is 5.75 Å². The summed E-state index contributed by atoms with van der Waals surface area (Å²) < 4.78 is 5.90. The molecule has 0 spiro atoms. The molecule has 2 amide bonds. The molecule has 0 fully saturated rings. The number of carbonyl (C=O) groups is 1. The molecule has 22 heavy (non-hydrogen) atoms. The second kappa shape index (κ2) is 6.52. The van der Waals surface area contributed by atoms with E-state index < -0.39 is 0 Å². The molecule has 1 atom stereocenters. The topological polar surface area (TPSA) is 41.6 Å². The van der Waals surface area contributed by atoms with E-state index in [-0.39, 0.29) is 12.1 Å². The lowest BCUT2D eigenvalue weighted by Crippen LogP contribution is -2.47. The smallest absolute Gasteiger partial charge is 0.322 e. The van der Waals surface area contributed by atoms with Crippen LogP contribution in [-0.2, 0) is 6.54 Å². The molecule has 2 aromatic rings. The molecule has 0 saturated carbocycles. The van der Waals surface area contributed by atoms with Crippen molar-refractivity contribution in [3.05, 3.63) is 60.2 Å². The zero-order chi connectivity index (χ0) is 15.4. The summed E-state index contributed by atoms with van der Waals surface area (Å²) in [5.41, 5.74) is 1.92. The highest BCUT2D eigenvalue weighted by molar-refractivity contribution is 5.94. The molecule has 0 aromatic heterocycles. The SMILES string of the molecule is CC[C@@H]1CN(C(=O)NCc2ccccc2)c2ccccc2O1. The lowest BCUT2D eigenvalue weighted by atomic mass is 10.1. The Balaban J connectivity index is 1.74. The van der Waals surface area contributed by atoms with E-state index in [9.17, 15) is 4.79 Å². The number of para-hydroxylation sites is 2. The number of amides is 2. The molecule has 4 nitrogen and oxygen atoms in total. The summed E-state index contributed by atoms with van der Waals surface area (Å²) in [7, 11) is 0. The first-order valence-corrected chi connectivity index (χ1v) is 7.63. The Morgan fingerprint density at radius 3 is 2.68 bits per heavy atom. The van der Waals surface area contributed by atoms with E-state index in [1.807, 2.05) is 54.6 Å². The first kappa shape index (κ1) is 14.4. The van der Waals surface area contributed by atoms with Gasteiger partial charge in [0, 0.05) is 6.54 Å². The van der Waals surface area contributed by atoms with Crippen molar-refractivity contribution < 1.29 is 9.53 Å². The normalized spacial score (nSPS) is 16.6. The zero-order valence-corrected chi connectivity index (χ0v) is 12.7. The van der Waals surface area contributed by atoms with Crippen LogP contribution in [0.25, 0.3) is 0 Å². The molecule has 2 aromatic carbocycles. The highest BCUT2D eigenvalue weighted by Crippen LogP contribution is 2.33. The monoisotopic (exact) mass is 296 g/mol. The van der Waals surface area contributed by atoms with Crippen LogP contribution < -0.4 is 15.0 Å². The van der Waals surface area contributed by atoms with Crippen LogP contribution in [0.1, 0.15) is 18.9 Å². The molecule has 0 radical (unpaired) electrons. The number of benzene rings is 2. The van der Waals surface area contributed by atoms with E-state index in [0.29, 0.717) is 13.1 Å². The number of hydrogen-bond donors (Lipinski definition) is 1. The highest BCUT2D eigenvalue weighted by Gasteiger charge is 2.28. The number of carbonyl (C=O) groups excluding carboxylic acids is 1. The molecule has 114 valence electrons. The van der Waals surface area contributed by atoms with E-state index >= 15 is 0 Å². The number of rotatable bonds is 3. The van der Waals surface area contributed by atoms with Crippen LogP contribution in [-0.4, -0.2) is 18.7 Å². The Bertz CT molecular complexity index is 643. The van der Waals surface area contributed by atoms with Gasteiger partial charge in [-0.05, 0) is 24.1 Å². The quantitative estimate of drug-likeness (QED) is 0.940. The largest absolute Gasteiger partial charge is 0.486 e. The number of nitrogens with zero attached hydrogens (tertiary/aromatic N) is 1. The standard InChI is InChI=1S/C18H20N2O2/c1-2-15-13-20(16-10-6-7-11-17(16)22-15)18(21)19-12-14-8-4-3-5-9-14/h3-11,15H,2,12-13H2,1H3,(H,19,21)/t15-/m1/s1. The van der Waals surface area contributed by atoms with Gasteiger partial charge in [0.2, 0.25) is 0 Å². The van der Waals surface area contributed by atoms with Crippen molar-refractivity contribution in [2.75, 3.05) is 11.4 Å². The fourth-order valence-electron chi connectivity index (χ4n) is 2.57. The second-order valence-electron chi connectivity index (χ2n) is 5.37. The minimum atomic E-state index is -0.0851. The van der Waals surface area contributed by atoms with Crippen LogP contribution in [0.4, 0.5) is 10.5 Å². The molecule has 1 N–H and O–H groups in total. The van der Waals surface area contributed by atoms with Gasteiger partial charge in [-0.25, -0.2) is 4.79 Å². The lowest BCUT2D eigenvalue weighted by Gasteiger charge is -2.34. The van der Waals surface area contributed by atoms with Gasteiger partial charge in [-0.1, -0.05) is 49.4 Å². The van der Waals surface area contributed by atoms with Gasteiger partial charge in [-0.15, -0.1) is 0 Å². The predicted octanol–water partition coefficient (Wildman–Crippen LogP) is 3.57. The summed E-state index contributed by atoms with van der Waals surface area (Å²) in [6, 6.07) is 17.5. The Morgan fingerprint density at radius 2 is 1.91 bits per heavy atom. The summed E-state index contributed by atoms with van der Waals surface area (Å²) in [5.74, 6) is 0.774. The number of urea groups is 1. The number of anilines is 1. The third-order valence-electron chi connectivity index (χ3n) is 3.82. The molecule has 1 heterocycles. The first-order chi connectivity index (χ1) is 10.8. The van der Waals surface area contributed by atoms with E-state index in [0.717, 1.165) is 23.4 Å². The van der Waals surface area contributed by atoms with Gasteiger partial charge in [-0.3, -0.25) is 4.90 Å². The van der Waals surface area contributed by atoms with Crippen molar-refractivity contribution >= 4 is 11.7 Å². The number of ether oxygens (including phenoxy) is 1. The molecule has 0 aliphatic carbocycles. The highest BCUT2D eigenvalue weighted by atomic mass is 16.5. The maximum Gasteiger partial charge on any atom is 0.322 e. The predicted molar refractivity (Wildman–Crippen MR) is 87.2 cm³/mol. The van der Waals surface area contributed by atoms with Gasteiger partial charge in [0.25, 0.3) is 0 Å². The minimum absolute atomic E-state index is 0.0392. The van der Waals surface area contributed by atoms with Gasteiger partial charge < -0.3 is 10.1 Å². The van der Waals surface area contributed by atoms with Gasteiger partial charge in [0.05, 0.1) is 12.2 Å². The van der Waals surface area contributed by atoms with Crippen LogP contribution in [0, 0.1) is 0 Å². The van der Waals surface area contributed by atoms with Gasteiger partial charge in [0.1, 0.15) is 11.9 Å². The molecule has 3 rings (SSSR count). The van der Waals surface area contributed by atoms with Crippen molar-refractivity contribution in [2.45, 2.75) is 26.0 Å². The van der Waals surface area contributed by atoms with Crippen LogP contribution >= 0.6 is 0 Å². The van der Waals surface area contributed by atoms with Crippen molar-refractivity contribution in [1.82, 2.24) is 5.32 Å². The van der Waals surface area contributed by atoms with Crippen molar-refractivity contribution in [1.29, 1.82) is 0 Å². The molecular formula is C18H20N2O2. The zero-order valence-electron chi connectivity index (χ0n) is 12.7. The molecule has 4 heteroatoms. The summed E-state index contributed by atoms with van der Waals surface area (Å²) >= 11 is 0. The van der Waals surface area contributed by atoms with E-state index in [1.54, 1.807) is 4.90 Å². The molecule has 1 aliphatic heterocycles. The Kier molecular flexibility index (Phi) is 4.28. The summed E-state index contributed by atoms with van der Waals surface area (Å²) in [6.45, 7) is 3.17. The third kappa shape index (κ3) is 3.06. The van der Waals surface area contributed by atoms with E-state index in [4.69, 9.17) is 4.74 Å². The van der Waals surface area contributed by atoms with E-state index in [1.165, 1.54) is 0 Å². The van der Waals surface area contributed by atoms with Crippen LogP contribution in [0.3, 0.4) is 0 Å². The fourth-order valence-corrected chi connectivity index (χ4v) is 2.57. The summed E-state index contributed by atoms with van der Waals surface area (Å²) in [5, 5.41) is 2.99. The average Bonchev–Trinajstić information content (AvgIpc) is 2.59. The Morgan fingerprint density at radius 1 is 1.18 bits per heavy atom. The maximum absolute atomic E-state index is 12.6. The van der Waals surface area contributed by atoms with Crippen molar-refractivity contribution in [2.24, 2.45) is 0 Å². The first-order valence-electron chi connectivity index (χ1n) is 7.63. The third-order valence-corrected chi connectivity index (χ3v) is 3.82. The Labute approximate surface area is 130 Å². The van der Waals surface area contributed by atoms with E-state index in [2.05, 4.69) is 12.2 Å². The minimum Gasteiger partial charge on any atom is -0.486 e. The molecular weight excluding hydrogens is 276 g/mol. The van der Waals surface area contributed by atoms with Crippen molar-refractivity contribution in [3.63, 3.8) is 0 Å². The number of fused-ring (bicyclic) bond motifs is 1. The van der Waals surface area contributed by atoms with Crippen LogP contribution in [0.15, 0.2) is 54.6 Å². The number of hydrogen-bond acceptors (Lipinski definition) is 2. The van der Waals surface area contributed by atoms with Gasteiger partial charge in [-0.2, -0.15) is 0 Å². The van der Waals surface area contributed by atoms with Gasteiger partial charge in [0.15, 0.2) is 0 Å². The molecule has 0 bridgehead atoms. The number of nitrogens with one attached hydrogen (secondary N) is 1. The fraction of sp³-hybridized carbons (Fsp3) is 0.278. The summed E-state index contributed by atoms with van der Waals surface area (Å²) in [6.07, 6.45) is 0.911. The van der Waals surface area contributed by atoms with Crippen LogP contribution in [0.2, 0.25) is 0 Å². The summed E-state index contributed by atoms with van der Waals surface area (Å²) in [4.78, 5) is 14.3. The second-order valence-corrected chi connectivity index (χ2v) is 5.37. The van der Waals surface area contributed by atoms with Gasteiger partial charge >= 0.3 is 6.03 Å². The molecule has 0 unspecified atom stereocenters. The lowest BCUT2D eigenvalue weighted by molar-refractivity contribution is 0.186. The maximum atomic E-state index is 12.6. The van der Waals surface area contributed by atoms with Crippen LogP contribution in [0.5, 0.6) is 5.75 Å². The molecule has 0 saturated heterocycles. The average molecular weight is 296 g/mol. The molecule has 1 aliphatic rings. The Hall–Kier alpha value is -2.49.